The van der Waals surface area contributed by atoms with Crippen molar-refractivity contribution in [2.45, 2.75) is 84.5 Å². The monoisotopic (exact) mass is 997 g/mol. The molecule has 1 N–H and O–H groups in total. The molecule has 2 fully saturated rings. The number of aromatic nitrogens is 2. The van der Waals surface area contributed by atoms with Gasteiger partial charge < -0.3 is 38.4 Å². The van der Waals surface area contributed by atoms with Crippen molar-refractivity contribution in [3.63, 3.8) is 0 Å². The molecule has 4 aliphatic rings. The number of nitrogens with zero attached hydrogens (tertiary/aromatic N) is 8. The molecule has 6 heterocycles. The van der Waals surface area contributed by atoms with Crippen LogP contribution >= 0.6 is 0 Å². The predicted octanol–water partition coefficient (Wildman–Crippen LogP) is 8.48. The molecular weight excluding hydrogens is 929 g/mol. The minimum atomic E-state index is -0.317. The Bertz CT molecular complexity index is 3080. The van der Waals surface area contributed by atoms with E-state index in [9.17, 15) is 15.2 Å². The SMILES string of the molecule is Cc1c(N(C(=O)c2cc(-c3cc4c(cc3C(=O)N3Cc5ccccc5C[C@H]3CN3CCCCC3)CN(C(=O)Cc3ccc(OC[C@@H](C)N5CCOCC5)cc3)CC4)n(C)c2C)c2ccc(O)cc2)cc(C#N)n1C. The number of anilines is 2. The van der Waals surface area contributed by atoms with Gasteiger partial charge in [-0.25, -0.2) is 0 Å². The largest absolute Gasteiger partial charge is 0.508 e. The number of carbonyl (C=O) groups excluding carboxylic acids is 3. The van der Waals surface area contributed by atoms with Crippen LogP contribution < -0.4 is 9.64 Å². The fourth-order valence-electron chi connectivity index (χ4n) is 11.4. The summed E-state index contributed by atoms with van der Waals surface area (Å²) in [6, 6.07) is 33.0. The molecule has 2 saturated heterocycles. The summed E-state index contributed by atoms with van der Waals surface area (Å²) in [5.74, 6) is 0.465. The first-order valence-corrected chi connectivity index (χ1v) is 26.3. The van der Waals surface area contributed by atoms with Gasteiger partial charge in [0.2, 0.25) is 5.91 Å². The van der Waals surface area contributed by atoms with Crippen molar-refractivity contribution in [3.05, 3.63) is 153 Å². The molecular formula is C60H68N8O6. The zero-order valence-corrected chi connectivity index (χ0v) is 43.5. The van der Waals surface area contributed by atoms with Crippen LogP contribution in [-0.2, 0) is 56.0 Å². The molecule has 0 bridgehead atoms. The molecule has 6 aromatic rings. The van der Waals surface area contributed by atoms with E-state index in [1.165, 1.54) is 12.0 Å². The third kappa shape index (κ3) is 10.3. The number of aromatic hydroxyl groups is 1. The van der Waals surface area contributed by atoms with Gasteiger partial charge in [0.15, 0.2) is 0 Å². The Labute approximate surface area is 434 Å². The number of likely N-dealkylation sites (tertiary alicyclic amines) is 1. The summed E-state index contributed by atoms with van der Waals surface area (Å²) in [6.45, 7) is 14.0. The number of carbonyl (C=O) groups is 3. The molecule has 0 spiro atoms. The highest BCUT2D eigenvalue weighted by molar-refractivity contribution is 6.13. The molecule has 4 aromatic carbocycles. The maximum Gasteiger partial charge on any atom is 0.264 e. The fourth-order valence-corrected chi connectivity index (χ4v) is 11.4. The Kier molecular flexibility index (Phi) is 14.8. The Morgan fingerprint density at radius 3 is 2.24 bits per heavy atom. The van der Waals surface area contributed by atoms with E-state index in [1.54, 1.807) is 46.8 Å². The topological polar surface area (TPSA) is 140 Å². The molecule has 3 amide bonds. The summed E-state index contributed by atoms with van der Waals surface area (Å²) >= 11 is 0. The van der Waals surface area contributed by atoms with E-state index < -0.39 is 0 Å². The van der Waals surface area contributed by atoms with Crippen molar-refractivity contribution in [1.82, 2.24) is 28.7 Å². The molecule has 0 aliphatic carbocycles. The summed E-state index contributed by atoms with van der Waals surface area (Å²) in [5.41, 5.74) is 10.6. The predicted molar refractivity (Wildman–Crippen MR) is 286 cm³/mol. The van der Waals surface area contributed by atoms with Crippen LogP contribution in [0.4, 0.5) is 11.4 Å². The van der Waals surface area contributed by atoms with E-state index in [1.807, 2.05) is 72.8 Å². The average Bonchev–Trinajstić information content (AvgIpc) is 3.89. The van der Waals surface area contributed by atoms with E-state index >= 15 is 9.59 Å². The lowest BCUT2D eigenvalue weighted by molar-refractivity contribution is -0.131. The third-order valence-corrected chi connectivity index (χ3v) is 16.1. The number of hydrogen-bond donors (Lipinski definition) is 1. The highest BCUT2D eigenvalue weighted by atomic mass is 16.5. The summed E-state index contributed by atoms with van der Waals surface area (Å²) in [6.07, 6.45) is 5.12. The van der Waals surface area contributed by atoms with E-state index in [0.29, 0.717) is 66.6 Å². The van der Waals surface area contributed by atoms with E-state index in [-0.39, 0.29) is 42.0 Å². The second-order valence-corrected chi connectivity index (χ2v) is 20.7. The molecule has 14 nitrogen and oxygen atoms in total. The van der Waals surface area contributed by atoms with Crippen LogP contribution in [0.15, 0.2) is 97.1 Å². The number of rotatable bonds is 13. The quantitative estimate of drug-likeness (QED) is 0.121. The van der Waals surface area contributed by atoms with Crippen LogP contribution in [0.3, 0.4) is 0 Å². The summed E-state index contributed by atoms with van der Waals surface area (Å²) in [5, 5.41) is 20.3. The average molecular weight is 997 g/mol. The van der Waals surface area contributed by atoms with Gasteiger partial charge in [-0.15, -0.1) is 0 Å². The summed E-state index contributed by atoms with van der Waals surface area (Å²) in [7, 11) is 3.73. The first kappa shape index (κ1) is 50.4. The van der Waals surface area contributed by atoms with Crippen LogP contribution in [0.5, 0.6) is 11.5 Å². The molecule has 384 valence electrons. The van der Waals surface area contributed by atoms with Crippen molar-refractivity contribution in [1.29, 1.82) is 5.26 Å². The number of ether oxygens (including phenoxy) is 2. The molecule has 2 aromatic heterocycles. The number of phenolic OH excluding ortho intramolecular Hbond substituents is 1. The van der Waals surface area contributed by atoms with Gasteiger partial charge in [-0.1, -0.05) is 42.8 Å². The highest BCUT2D eigenvalue weighted by Crippen LogP contribution is 2.39. The first-order valence-electron chi connectivity index (χ1n) is 26.3. The zero-order chi connectivity index (χ0) is 51.6. The Morgan fingerprint density at radius 2 is 1.53 bits per heavy atom. The van der Waals surface area contributed by atoms with Gasteiger partial charge in [0.25, 0.3) is 11.8 Å². The van der Waals surface area contributed by atoms with E-state index in [4.69, 9.17) is 9.47 Å². The second kappa shape index (κ2) is 21.7. The Hall–Kier alpha value is -7.18. The number of nitriles is 1. The second-order valence-electron chi connectivity index (χ2n) is 20.7. The van der Waals surface area contributed by atoms with Crippen molar-refractivity contribution >= 4 is 29.1 Å². The molecule has 0 unspecified atom stereocenters. The van der Waals surface area contributed by atoms with E-state index in [2.05, 4.69) is 52.0 Å². The molecule has 10 rings (SSSR count). The molecule has 0 radical (unpaired) electrons. The minimum Gasteiger partial charge on any atom is -0.508 e. The van der Waals surface area contributed by atoms with Gasteiger partial charge in [0, 0.05) is 99.3 Å². The molecule has 74 heavy (non-hydrogen) atoms. The van der Waals surface area contributed by atoms with Crippen LogP contribution in [0, 0.1) is 25.2 Å². The van der Waals surface area contributed by atoms with Crippen molar-refractivity contribution < 1.29 is 29.0 Å². The van der Waals surface area contributed by atoms with Crippen molar-refractivity contribution in [2.75, 3.05) is 64.0 Å². The Balaban J connectivity index is 0.984. The lowest BCUT2D eigenvalue weighted by Gasteiger charge is -2.41. The maximum absolute atomic E-state index is 15.8. The molecule has 14 heteroatoms. The number of hydrogen-bond acceptors (Lipinski definition) is 9. The summed E-state index contributed by atoms with van der Waals surface area (Å²) < 4.78 is 15.4. The van der Waals surface area contributed by atoms with Crippen molar-refractivity contribution in [2.24, 2.45) is 14.1 Å². The lowest BCUT2D eigenvalue weighted by Crippen LogP contribution is -2.51. The number of fused-ring (bicyclic) bond motifs is 2. The lowest BCUT2D eigenvalue weighted by atomic mass is 9.89. The number of morpholine rings is 1. The number of benzene rings is 4. The van der Waals surface area contributed by atoms with Gasteiger partial charge in [-0.3, -0.25) is 24.2 Å². The molecule has 0 saturated carbocycles. The third-order valence-electron chi connectivity index (χ3n) is 16.1. The van der Waals surface area contributed by atoms with Gasteiger partial charge in [-0.05, 0) is 148 Å². The Morgan fingerprint density at radius 1 is 0.797 bits per heavy atom. The van der Waals surface area contributed by atoms with E-state index in [0.717, 1.165) is 110 Å². The first-order chi connectivity index (χ1) is 35.8. The summed E-state index contributed by atoms with van der Waals surface area (Å²) in [4.78, 5) is 55.7. The number of amides is 3. The van der Waals surface area contributed by atoms with Crippen LogP contribution in [0.1, 0.15) is 91.8 Å². The number of piperidine rings is 1. The van der Waals surface area contributed by atoms with Gasteiger partial charge >= 0.3 is 0 Å². The molecule has 4 aliphatic heterocycles. The standard InChI is InChI=1S/C60H68N8O6/c1-40(65-25-27-73-28-26-65)39-74-52-19-13-43(14-20-52)29-58(70)66-24-21-45-31-54(55(32-47(45)36-66)59(71)67-37-46-12-8-7-11-44(46)30-50(67)38-64-22-9-6-10-23-64)57-34-53(41(2)63(57)5)60(72)68(48-15-17-51(69)18-16-48)56-33-49(35-61)62(4)42(56)3/h7-8,11-20,31-34,40,50,69H,6,9-10,21-30,36-39H2,1-5H3/t40-,50+/m1/s1. The molecule has 2 atom stereocenters. The maximum atomic E-state index is 15.8. The van der Waals surface area contributed by atoms with Crippen LogP contribution in [0.25, 0.3) is 11.3 Å². The van der Waals surface area contributed by atoms with Crippen molar-refractivity contribution in [3.8, 4) is 28.8 Å². The smallest absolute Gasteiger partial charge is 0.264 e. The number of phenols is 1. The van der Waals surface area contributed by atoms with Gasteiger partial charge in [0.05, 0.1) is 30.9 Å². The zero-order valence-electron chi connectivity index (χ0n) is 43.5. The fraction of sp³-hybridized carbons (Fsp3) is 0.400. The van der Waals surface area contributed by atoms with Gasteiger partial charge in [-0.2, -0.15) is 5.26 Å². The highest BCUT2D eigenvalue weighted by Gasteiger charge is 2.36. The van der Waals surface area contributed by atoms with Crippen LogP contribution in [-0.4, -0.2) is 123 Å². The minimum absolute atomic E-state index is 0.0198. The van der Waals surface area contributed by atoms with Crippen LogP contribution in [0.2, 0.25) is 0 Å². The van der Waals surface area contributed by atoms with Gasteiger partial charge in [0.1, 0.15) is 29.9 Å². The normalized spacial score (nSPS) is 17.5.